The lowest BCUT2D eigenvalue weighted by Gasteiger charge is -2.10. The molecule has 1 amide bonds. The third-order valence-corrected chi connectivity index (χ3v) is 3.36. The van der Waals surface area contributed by atoms with Crippen molar-refractivity contribution in [3.8, 4) is 0 Å². The molecule has 0 unspecified atom stereocenters. The standard InChI is InChI=1S/C15H13Cl2FN2O/c16-12-5-2-6-13(17)15(12)20-14(21)9-19-8-10-3-1-4-11(18)7-10/h1-7,19H,8-9H2,(H,20,21). The highest BCUT2D eigenvalue weighted by molar-refractivity contribution is 6.39. The van der Waals surface area contributed by atoms with E-state index in [4.69, 9.17) is 23.2 Å². The summed E-state index contributed by atoms with van der Waals surface area (Å²) in [5.74, 6) is -0.581. The Morgan fingerprint density at radius 1 is 1.10 bits per heavy atom. The molecule has 0 aliphatic rings. The summed E-state index contributed by atoms with van der Waals surface area (Å²) in [4.78, 5) is 11.8. The first-order valence-electron chi connectivity index (χ1n) is 6.25. The van der Waals surface area contributed by atoms with E-state index in [0.717, 1.165) is 5.56 Å². The molecule has 2 rings (SSSR count). The Hall–Kier alpha value is -1.62. The average molecular weight is 327 g/mol. The average Bonchev–Trinajstić information content (AvgIpc) is 2.43. The van der Waals surface area contributed by atoms with Crippen LogP contribution >= 0.6 is 23.2 Å². The molecule has 3 nitrogen and oxygen atoms in total. The van der Waals surface area contributed by atoms with Crippen LogP contribution in [-0.2, 0) is 11.3 Å². The molecule has 110 valence electrons. The van der Waals surface area contributed by atoms with E-state index in [0.29, 0.717) is 22.3 Å². The highest BCUT2D eigenvalue weighted by Crippen LogP contribution is 2.29. The van der Waals surface area contributed by atoms with Crippen LogP contribution < -0.4 is 10.6 Å². The maximum atomic E-state index is 13.0. The number of hydrogen-bond acceptors (Lipinski definition) is 2. The Labute approximate surface area is 132 Å². The van der Waals surface area contributed by atoms with Gasteiger partial charge in [-0.3, -0.25) is 4.79 Å². The number of hydrogen-bond donors (Lipinski definition) is 2. The molecule has 0 aliphatic heterocycles. The second-order valence-corrected chi connectivity index (χ2v) is 5.19. The number of rotatable bonds is 5. The molecular formula is C15H13Cl2FN2O. The number of carbonyl (C=O) groups excluding carboxylic acids is 1. The molecule has 2 N–H and O–H groups in total. The first kappa shape index (κ1) is 15.8. The largest absolute Gasteiger partial charge is 0.322 e. The zero-order valence-electron chi connectivity index (χ0n) is 11.0. The van der Waals surface area contributed by atoms with Gasteiger partial charge in [0.05, 0.1) is 22.3 Å². The normalized spacial score (nSPS) is 10.4. The summed E-state index contributed by atoms with van der Waals surface area (Å²) in [7, 11) is 0. The van der Waals surface area contributed by atoms with Crippen LogP contribution in [0.4, 0.5) is 10.1 Å². The van der Waals surface area contributed by atoms with Crippen molar-refractivity contribution < 1.29 is 9.18 Å². The van der Waals surface area contributed by atoms with E-state index >= 15 is 0 Å². The van der Waals surface area contributed by atoms with Gasteiger partial charge in [0.1, 0.15) is 5.82 Å². The highest BCUT2D eigenvalue weighted by atomic mass is 35.5. The Morgan fingerprint density at radius 2 is 1.76 bits per heavy atom. The zero-order valence-corrected chi connectivity index (χ0v) is 12.5. The Bertz CT molecular complexity index is 629. The van der Waals surface area contributed by atoms with Gasteiger partial charge in [0.2, 0.25) is 5.91 Å². The number of para-hydroxylation sites is 1. The van der Waals surface area contributed by atoms with E-state index in [1.165, 1.54) is 12.1 Å². The van der Waals surface area contributed by atoms with E-state index < -0.39 is 0 Å². The minimum Gasteiger partial charge on any atom is -0.322 e. The fourth-order valence-corrected chi connectivity index (χ4v) is 2.26. The summed E-state index contributed by atoms with van der Waals surface area (Å²) >= 11 is 11.9. The number of benzene rings is 2. The molecule has 0 heterocycles. The van der Waals surface area contributed by atoms with Gasteiger partial charge in [-0.1, -0.05) is 41.4 Å². The molecule has 6 heteroatoms. The molecule has 0 radical (unpaired) electrons. The van der Waals surface area contributed by atoms with Gasteiger partial charge < -0.3 is 10.6 Å². The molecule has 0 saturated carbocycles. The fourth-order valence-electron chi connectivity index (χ4n) is 1.77. The van der Waals surface area contributed by atoms with Crippen LogP contribution in [0.15, 0.2) is 42.5 Å². The van der Waals surface area contributed by atoms with Crippen LogP contribution in [0.1, 0.15) is 5.56 Å². The second kappa shape index (κ2) is 7.41. The number of nitrogens with one attached hydrogen (secondary N) is 2. The SMILES string of the molecule is O=C(CNCc1cccc(F)c1)Nc1c(Cl)cccc1Cl. The molecule has 0 bridgehead atoms. The van der Waals surface area contributed by atoms with E-state index in [2.05, 4.69) is 10.6 Å². The van der Waals surface area contributed by atoms with Crippen LogP contribution in [0.2, 0.25) is 10.0 Å². The molecule has 0 atom stereocenters. The van der Waals surface area contributed by atoms with Crippen molar-refractivity contribution >= 4 is 34.8 Å². The predicted octanol–water partition coefficient (Wildman–Crippen LogP) is 3.86. The minimum atomic E-state index is -0.304. The van der Waals surface area contributed by atoms with Crippen LogP contribution in [0.25, 0.3) is 0 Å². The molecule has 0 aromatic heterocycles. The third kappa shape index (κ3) is 4.70. The van der Waals surface area contributed by atoms with Crippen molar-refractivity contribution in [2.45, 2.75) is 6.54 Å². The predicted molar refractivity (Wildman–Crippen MR) is 83.2 cm³/mol. The number of halogens is 3. The van der Waals surface area contributed by atoms with Crippen molar-refractivity contribution in [3.63, 3.8) is 0 Å². The topological polar surface area (TPSA) is 41.1 Å². The van der Waals surface area contributed by atoms with E-state index in [9.17, 15) is 9.18 Å². The number of amides is 1. The summed E-state index contributed by atoms with van der Waals surface area (Å²) < 4.78 is 13.0. The summed E-state index contributed by atoms with van der Waals surface area (Å²) in [6.07, 6.45) is 0. The van der Waals surface area contributed by atoms with E-state index in [1.54, 1.807) is 30.3 Å². The van der Waals surface area contributed by atoms with Gasteiger partial charge in [0.25, 0.3) is 0 Å². The smallest absolute Gasteiger partial charge is 0.238 e. The monoisotopic (exact) mass is 326 g/mol. The lowest BCUT2D eigenvalue weighted by Crippen LogP contribution is -2.28. The first-order chi connectivity index (χ1) is 10.1. The summed E-state index contributed by atoms with van der Waals surface area (Å²) in [5.41, 5.74) is 1.15. The maximum absolute atomic E-state index is 13.0. The molecule has 0 saturated heterocycles. The van der Waals surface area contributed by atoms with Crippen molar-refractivity contribution in [1.29, 1.82) is 0 Å². The fraction of sp³-hybridized carbons (Fsp3) is 0.133. The van der Waals surface area contributed by atoms with Crippen molar-refractivity contribution in [2.75, 3.05) is 11.9 Å². The molecule has 0 spiro atoms. The maximum Gasteiger partial charge on any atom is 0.238 e. The third-order valence-electron chi connectivity index (χ3n) is 2.73. The van der Waals surface area contributed by atoms with Gasteiger partial charge in [-0.05, 0) is 29.8 Å². The molecular weight excluding hydrogens is 314 g/mol. The quantitative estimate of drug-likeness (QED) is 0.875. The van der Waals surface area contributed by atoms with Crippen LogP contribution in [0, 0.1) is 5.82 Å². The van der Waals surface area contributed by atoms with Crippen molar-refractivity contribution in [3.05, 3.63) is 63.9 Å². The van der Waals surface area contributed by atoms with Crippen LogP contribution in [0.5, 0.6) is 0 Å². The Morgan fingerprint density at radius 3 is 2.43 bits per heavy atom. The van der Waals surface area contributed by atoms with Crippen molar-refractivity contribution in [1.82, 2.24) is 5.32 Å². The van der Waals surface area contributed by atoms with E-state index in [-0.39, 0.29) is 18.3 Å². The van der Waals surface area contributed by atoms with Gasteiger partial charge in [-0.2, -0.15) is 0 Å². The highest BCUT2D eigenvalue weighted by Gasteiger charge is 2.09. The number of anilines is 1. The lowest BCUT2D eigenvalue weighted by molar-refractivity contribution is -0.115. The minimum absolute atomic E-state index is 0.0675. The van der Waals surface area contributed by atoms with E-state index in [1.807, 2.05) is 0 Å². The summed E-state index contributed by atoms with van der Waals surface area (Å²) in [6, 6.07) is 11.2. The Kier molecular flexibility index (Phi) is 5.56. The molecule has 2 aromatic carbocycles. The molecule has 0 fully saturated rings. The van der Waals surface area contributed by atoms with Gasteiger partial charge >= 0.3 is 0 Å². The van der Waals surface area contributed by atoms with Crippen LogP contribution in [-0.4, -0.2) is 12.5 Å². The lowest BCUT2D eigenvalue weighted by atomic mass is 10.2. The van der Waals surface area contributed by atoms with Gasteiger partial charge in [-0.15, -0.1) is 0 Å². The molecule has 21 heavy (non-hydrogen) atoms. The van der Waals surface area contributed by atoms with Gasteiger partial charge in [0.15, 0.2) is 0 Å². The molecule has 2 aromatic rings. The molecule has 0 aliphatic carbocycles. The summed E-state index contributed by atoms with van der Waals surface area (Å²) in [5, 5.41) is 6.31. The Balaban J connectivity index is 1.85. The van der Waals surface area contributed by atoms with Crippen LogP contribution in [0.3, 0.4) is 0 Å². The van der Waals surface area contributed by atoms with Crippen molar-refractivity contribution in [2.24, 2.45) is 0 Å². The van der Waals surface area contributed by atoms with Gasteiger partial charge in [-0.25, -0.2) is 4.39 Å². The zero-order chi connectivity index (χ0) is 15.2. The number of carbonyl (C=O) groups is 1. The second-order valence-electron chi connectivity index (χ2n) is 4.38. The van der Waals surface area contributed by atoms with Gasteiger partial charge in [0, 0.05) is 6.54 Å². The first-order valence-corrected chi connectivity index (χ1v) is 7.01. The summed E-state index contributed by atoms with van der Waals surface area (Å²) in [6.45, 7) is 0.458.